The van der Waals surface area contributed by atoms with Gasteiger partial charge in [0, 0.05) is 5.56 Å². The van der Waals surface area contributed by atoms with Gasteiger partial charge in [0.1, 0.15) is 0 Å². The number of rotatable bonds is 7. The maximum atomic E-state index is 12.7. The summed E-state index contributed by atoms with van der Waals surface area (Å²) in [6.07, 6.45) is 2.02. The Morgan fingerprint density at radius 3 is 2.71 bits per heavy atom. The lowest BCUT2D eigenvalue weighted by atomic mass is 10.1. The lowest BCUT2D eigenvalue weighted by Crippen LogP contribution is -2.23. The molecule has 1 saturated carbocycles. The van der Waals surface area contributed by atoms with Crippen LogP contribution in [0, 0.1) is 11.3 Å². The predicted octanol–water partition coefficient (Wildman–Crippen LogP) is 4.38. The summed E-state index contributed by atoms with van der Waals surface area (Å²) in [5.41, 5.74) is 1.35. The summed E-state index contributed by atoms with van der Waals surface area (Å²) < 4.78 is 5.49. The summed E-state index contributed by atoms with van der Waals surface area (Å²) in [5.74, 6) is -1.48. The molecule has 0 radical (unpaired) electrons. The van der Waals surface area contributed by atoms with E-state index in [1.807, 2.05) is 0 Å². The molecule has 2 atom stereocenters. The third kappa shape index (κ3) is 4.55. The van der Waals surface area contributed by atoms with Crippen molar-refractivity contribution in [3.8, 4) is 0 Å². The molecule has 9 heteroatoms. The Balaban J connectivity index is 1.75. The molecule has 2 aromatic rings. The highest BCUT2D eigenvalue weighted by Crippen LogP contribution is 2.53. The van der Waals surface area contributed by atoms with Crippen LogP contribution in [0.15, 0.2) is 53.7 Å². The number of ether oxygens (including phenoxy) is 1. The fourth-order valence-corrected chi connectivity index (χ4v) is 4.29. The largest absolute Gasteiger partial charge is 0.469 e. The van der Waals surface area contributed by atoms with Crippen LogP contribution >= 0.6 is 22.9 Å². The van der Waals surface area contributed by atoms with Gasteiger partial charge in [0.2, 0.25) is 5.91 Å². The molecule has 1 fully saturated rings. The number of amides is 2. The first-order valence-electron chi connectivity index (χ1n) is 9.40. The van der Waals surface area contributed by atoms with Gasteiger partial charge in [0.15, 0.2) is 5.13 Å². The van der Waals surface area contributed by atoms with Crippen LogP contribution < -0.4 is 10.6 Å². The van der Waals surface area contributed by atoms with Crippen molar-refractivity contribution in [1.82, 2.24) is 10.3 Å². The number of hydrogen-bond donors (Lipinski definition) is 2. The Morgan fingerprint density at radius 2 is 2.10 bits per heavy atom. The zero-order valence-electron chi connectivity index (χ0n) is 17.4. The van der Waals surface area contributed by atoms with Gasteiger partial charge >= 0.3 is 5.97 Å². The predicted molar refractivity (Wildman–Crippen MR) is 122 cm³/mol. The van der Waals surface area contributed by atoms with Crippen molar-refractivity contribution >= 4 is 56.1 Å². The van der Waals surface area contributed by atoms with Crippen molar-refractivity contribution in [1.29, 1.82) is 0 Å². The number of hydrogen-bond acceptors (Lipinski definition) is 6. The number of methoxy groups -OCH3 is 1. The fraction of sp³-hybridized carbons (Fsp3) is 0.273. The van der Waals surface area contributed by atoms with E-state index in [1.165, 1.54) is 18.4 Å². The van der Waals surface area contributed by atoms with Gasteiger partial charge in [-0.25, -0.2) is 4.98 Å². The summed E-state index contributed by atoms with van der Waals surface area (Å²) >= 11 is 7.22. The van der Waals surface area contributed by atoms with Crippen molar-refractivity contribution in [2.45, 2.75) is 20.3 Å². The highest BCUT2D eigenvalue weighted by atomic mass is 35.5. The summed E-state index contributed by atoms with van der Waals surface area (Å²) in [6.45, 7) is 10.8. The van der Waals surface area contributed by atoms with E-state index in [0.29, 0.717) is 33.9 Å². The SMILES string of the molecule is C=C/C(C)=C(/NC(=O)c1ccc2nc(NC(=O)C3CC3(C)C(=O)OC)sc2c1)C(=C)Cl. The summed E-state index contributed by atoms with van der Waals surface area (Å²) in [5, 5.41) is 6.10. The Labute approximate surface area is 188 Å². The molecule has 0 spiro atoms. The van der Waals surface area contributed by atoms with Gasteiger partial charge in [0.25, 0.3) is 5.91 Å². The van der Waals surface area contributed by atoms with E-state index in [9.17, 15) is 14.4 Å². The third-order valence-electron chi connectivity index (χ3n) is 5.30. The molecule has 1 aromatic heterocycles. The number of carbonyl (C=O) groups excluding carboxylic acids is 3. The zero-order chi connectivity index (χ0) is 22.9. The van der Waals surface area contributed by atoms with Gasteiger partial charge in [-0.05, 0) is 44.0 Å². The minimum absolute atomic E-state index is 0.202. The molecule has 2 amide bonds. The van der Waals surface area contributed by atoms with Crippen LogP contribution in [-0.2, 0) is 14.3 Å². The van der Waals surface area contributed by atoms with Crippen molar-refractivity contribution in [3.63, 3.8) is 0 Å². The number of thiazole rings is 1. The van der Waals surface area contributed by atoms with Crippen molar-refractivity contribution in [3.05, 3.63) is 59.3 Å². The van der Waals surface area contributed by atoms with Crippen LogP contribution in [0.25, 0.3) is 10.2 Å². The van der Waals surface area contributed by atoms with E-state index in [2.05, 4.69) is 28.8 Å². The number of carbonyl (C=O) groups is 3. The van der Waals surface area contributed by atoms with Gasteiger partial charge < -0.3 is 15.4 Å². The molecule has 31 heavy (non-hydrogen) atoms. The van der Waals surface area contributed by atoms with Gasteiger partial charge in [-0.3, -0.25) is 14.4 Å². The van der Waals surface area contributed by atoms with Crippen LogP contribution in [0.2, 0.25) is 0 Å². The third-order valence-corrected chi connectivity index (χ3v) is 6.42. The average Bonchev–Trinajstić information content (AvgIpc) is 3.28. The van der Waals surface area contributed by atoms with E-state index in [1.54, 1.807) is 38.1 Å². The van der Waals surface area contributed by atoms with E-state index in [4.69, 9.17) is 16.3 Å². The normalized spacial score (nSPS) is 20.5. The number of anilines is 1. The van der Waals surface area contributed by atoms with Crippen LogP contribution in [0.5, 0.6) is 0 Å². The van der Waals surface area contributed by atoms with Gasteiger partial charge in [-0.15, -0.1) is 0 Å². The highest BCUT2D eigenvalue weighted by molar-refractivity contribution is 7.22. The van der Waals surface area contributed by atoms with Crippen molar-refractivity contribution in [2.24, 2.45) is 11.3 Å². The number of allylic oxidation sites excluding steroid dienone is 3. The molecule has 2 N–H and O–H groups in total. The first-order chi connectivity index (χ1) is 14.6. The second-order valence-corrected chi connectivity index (χ2v) is 8.96. The summed E-state index contributed by atoms with van der Waals surface area (Å²) in [4.78, 5) is 41.3. The molecule has 7 nitrogen and oxygen atoms in total. The standard InChI is InChI=1S/C22H22ClN3O4S/c1-6-11(2)17(12(3)23)25-18(27)13-7-8-15-16(9-13)31-21(24-15)26-19(28)14-10-22(14,4)20(29)30-5/h6-9,14H,1,3,10H2,2,4-5H3,(H,25,27)(H,24,26,28)/b17-11+. The molecule has 1 heterocycles. The molecule has 0 bridgehead atoms. The number of nitrogens with zero attached hydrogens (tertiary/aromatic N) is 1. The Kier molecular flexibility index (Phi) is 6.33. The smallest absolute Gasteiger partial charge is 0.312 e. The lowest BCUT2D eigenvalue weighted by Gasteiger charge is -2.10. The first-order valence-corrected chi connectivity index (χ1v) is 10.6. The highest BCUT2D eigenvalue weighted by Gasteiger charge is 2.61. The molecular formula is C22H22ClN3O4S. The maximum absolute atomic E-state index is 12.7. The number of benzene rings is 1. The minimum Gasteiger partial charge on any atom is -0.469 e. The Bertz CT molecular complexity index is 1150. The summed E-state index contributed by atoms with van der Waals surface area (Å²) in [6, 6.07) is 5.02. The fourth-order valence-electron chi connectivity index (χ4n) is 3.19. The number of nitrogens with one attached hydrogen (secondary N) is 2. The summed E-state index contributed by atoms with van der Waals surface area (Å²) in [7, 11) is 1.31. The van der Waals surface area contributed by atoms with Crippen LogP contribution in [0.4, 0.5) is 5.13 Å². The molecule has 1 aliphatic rings. The number of fused-ring (bicyclic) bond motifs is 1. The van der Waals surface area contributed by atoms with Crippen LogP contribution in [-0.4, -0.2) is 29.9 Å². The number of aromatic nitrogens is 1. The monoisotopic (exact) mass is 459 g/mol. The van der Waals surface area contributed by atoms with E-state index < -0.39 is 17.3 Å². The second kappa shape index (κ2) is 8.64. The number of halogens is 1. The minimum atomic E-state index is -0.790. The maximum Gasteiger partial charge on any atom is 0.312 e. The Morgan fingerprint density at radius 1 is 1.39 bits per heavy atom. The molecule has 3 rings (SSSR count). The number of esters is 1. The quantitative estimate of drug-likeness (QED) is 0.473. The lowest BCUT2D eigenvalue weighted by molar-refractivity contribution is -0.147. The molecule has 162 valence electrons. The van der Waals surface area contributed by atoms with Crippen LogP contribution in [0.3, 0.4) is 0 Å². The van der Waals surface area contributed by atoms with Gasteiger partial charge in [0.05, 0.1) is 39.4 Å². The van der Waals surface area contributed by atoms with Gasteiger partial charge in [-0.1, -0.05) is 42.2 Å². The van der Waals surface area contributed by atoms with Crippen LogP contribution in [0.1, 0.15) is 30.6 Å². The molecule has 2 unspecified atom stereocenters. The molecule has 0 aliphatic heterocycles. The van der Waals surface area contributed by atoms with E-state index in [0.717, 1.165) is 4.70 Å². The van der Waals surface area contributed by atoms with Crippen molar-refractivity contribution < 1.29 is 19.1 Å². The average molecular weight is 460 g/mol. The van der Waals surface area contributed by atoms with Gasteiger partial charge in [-0.2, -0.15) is 0 Å². The molecule has 0 saturated heterocycles. The van der Waals surface area contributed by atoms with E-state index >= 15 is 0 Å². The first kappa shape index (κ1) is 22.7. The molecule has 1 aromatic carbocycles. The van der Waals surface area contributed by atoms with Crippen molar-refractivity contribution in [2.75, 3.05) is 12.4 Å². The zero-order valence-corrected chi connectivity index (χ0v) is 18.9. The second-order valence-electron chi connectivity index (χ2n) is 7.48. The van der Waals surface area contributed by atoms with E-state index in [-0.39, 0.29) is 16.8 Å². The molecule has 1 aliphatic carbocycles. The molecular weight excluding hydrogens is 438 g/mol. The topological polar surface area (TPSA) is 97.4 Å². The Hall–Kier alpha value is -2.97.